The molecule has 0 N–H and O–H groups in total. The maximum atomic E-state index is 13.1. The van der Waals surface area contributed by atoms with Crippen molar-refractivity contribution in [2.24, 2.45) is 11.8 Å². The van der Waals surface area contributed by atoms with E-state index < -0.39 is 15.8 Å². The first kappa shape index (κ1) is 26.1. The first-order valence-corrected chi connectivity index (χ1v) is 13.0. The summed E-state index contributed by atoms with van der Waals surface area (Å²) in [7, 11) is -2.19. The standard InChI is InChI=1S/C23H32FN3O6S/c1-3-33-23(30)18-5-4-12-26(15-18)21(28)16-25(2)22(29)17-10-13-27(14-11-17)34(31,32)20-8-6-19(24)7-9-20/h6-9,17-18H,3-5,10-16H2,1-2H3. The molecule has 2 amide bonds. The molecule has 3 rings (SSSR count). The lowest BCUT2D eigenvalue weighted by Gasteiger charge is -2.34. The number of nitrogens with zero attached hydrogens (tertiary/aromatic N) is 3. The van der Waals surface area contributed by atoms with Crippen molar-refractivity contribution in [3.05, 3.63) is 30.1 Å². The molecule has 2 saturated heterocycles. The fourth-order valence-corrected chi connectivity index (χ4v) is 5.92. The van der Waals surface area contributed by atoms with Crippen LogP contribution in [0.5, 0.6) is 0 Å². The molecule has 1 atom stereocenters. The molecule has 0 bridgehead atoms. The maximum absolute atomic E-state index is 13.1. The molecular formula is C23H32FN3O6S. The number of likely N-dealkylation sites (N-methyl/N-ethyl adjacent to an activating group) is 1. The average Bonchev–Trinajstić information content (AvgIpc) is 2.84. The molecule has 2 aliphatic rings. The summed E-state index contributed by atoms with van der Waals surface area (Å²) in [5, 5.41) is 0. The topological polar surface area (TPSA) is 104 Å². The fourth-order valence-electron chi connectivity index (χ4n) is 4.45. The van der Waals surface area contributed by atoms with Crippen LogP contribution in [0.2, 0.25) is 0 Å². The van der Waals surface area contributed by atoms with Crippen LogP contribution in [0.1, 0.15) is 32.6 Å². The average molecular weight is 498 g/mol. The van der Waals surface area contributed by atoms with E-state index in [0.29, 0.717) is 45.4 Å². The van der Waals surface area contributed by atoms with Gasteiger partial charge in [0.05, 0.1) is 24.0 Å². The highest BCUT2D eigenvalue weighted by Crippen LogP contribution is 2.25. The molecule has 0 aliphatic carbocycles. The van der Waals surface area contributed by atoms with Gasteiger partial charge < -0.3 is 14.5 Å². The second kappa shape index (κ2) is 11.3. The summed E-state index contributed by atoms with van der Waals surface area (Å²) in [4.78, 5) is 40.7. The van der Waals surface area contributed by atoms with E-state index in [4.69, 9.17) is 4.74 Å². The zero-order valence-electron chi connectivity index (χ0n) is 19.6. The van der Waals surface area contributed by atoms with Crippen molar-refractivity contribution < 1.29 is 31.9 Å². The van der Waals surface area contributed by atoms with Gasteiger partial charge in [-0.15, -0.1) is 0 Å². The van der Waals surface area contributed by atoms with Gasteiger partial charge in [0.15, 0.2) is 0 Å². The number of piperidine rings is 2. The number of hydrogen-bond acceptors (Lipinski definition) is 6. The second-order valence-electron chi connectivity index (χ2n) is 8.76. The number of halogens is 1. The number of sulfonamides is 1. The van der Waals surface area contributed by atoms with Crippen LogP contribution in [0.3, 0.4) is 0 Å². The van der Waals surface area contributed by atoms with Crippen LogP contribution in [-0.2, 0) is 29.1 Å². The molecule has 11 heteroatoms. The van der Waals surface area contributed by atoms with E-state index in [9.17, 15) is 27.2 Å². The van der Waals surface area contributed by atoms with Gasteiger partial charge in [-0.05, 0) is 56.9 Å². The first-order chi connectivity index (χ1) is 16.1. The van der Waals surface area contributed by atoms with Crippen molar-refractivity contribution >= 4 is 27.8 Å². The van der Waals surface area contributed by atoms with Crippen LogP contribution < -0.4 is 0 Å². The lowest BCUT2D eigenvalue weighted by atomic mass is 9.96. The second-order valence-corrected chi connectivity index (χ2v) is 10.7. The lowest BCUT2D eigenvalue weighted by molar-refractivity contribution is -0.152. The summed E-state index contributed by atoms with van der Waals surface area (Å²) >= 11 is 0. The summed E-state index contributed by atoms with van der Waals surface area (Å²) < 4.78 is 45.0. The Hall–Kier alpha value is -2.53. The van der Waals surface area contributed by atoms with Gasteiger partial charge in [0.2, 0.25) is 21.8 Å². The molecule has 1 aromatic carbocycles. The van der Waals surface area contributed by atoms with Crippen molar-refractivity contribution in [1.82, 2.24) is 14.1 Å². The molecule has 2 fully saturated rings. The zero-order chi connectivity index (χ0) is 24.9. The van der Waals surface area contributed by atoms with E-state index in [0.717, 1.165) is 12.1 Å². The SMILES string of the molecule is CCOC(=O)C1CCCN(C(=O)CN(C)C(=O)C2CCN(S(=O)(=O)c3ccc(F)cc3)CC2)C1. The highest BCUT2D eigenvalue weighted by atomic mass is 32.2. The molecule has 0 aromatic heterocycles. The molecule has 1 aromatic rings. The molecule has 9 nitrogen and oxygen atoms in total. The van der Waals surface area contributed by atoms with E-state index in [1.54, 1.807) is 18.9 Å². The van der Waals surface area contributed by atoms with Crippen LogP contribution in [0, 0.1) is 17.7 Å². The van der Waals surface area contributed by atoms with Gasteiger partial charge in [-0.25, -0.2) is 12.8 Å². The number of amides is 2. The van der Waals surface area contributed by atoms with E-state index in [1.165, 1.54) is 21.3 Å². The van der Waals surface area contributed by atoms with Gasteiger partial charge in [0, 0.05) is 39.1 Å². The maximum Gasteiger partial charge on any atom is 0.310 e. The van der Waals surface area contributed by atoms with Crippen molar-refractivity contribution in [3.63, 3.8) is 0 Å². The minimum atomic E-state index is -3.76. The fraction of sp³-hybridized carbons (Fsp3) is 0.609. The molecule has 0 radical (unpaired) electrons. The number of ether oxygens (including phenoxy) is 1. The largest absolute Gasteiger partial charge is 0.466 e. The summed E-state index contributed by atoms with van der Waals surface area (Å²) in [6.45, 7) is 3.12. The molecule has 188 valence electrons. The molecule has 2 heterocycles. The number of likely N-dealkylation sites (tertiary alicyclic amines) is 1. The third-order valence-corrected chi connectivity index (χ3v) is 8.31. The third-order valence-electron chi connectivity index (χ3n) is 6.40. The summed E-state index contributed by atoms with van der Waals surface area (Å²) in [6.07, 6.45) is 2.06. The zero-order valence-corrected chi connectivity index (χ0v) is 20.4. The van der Waals surface area contributed by atoms with E-state index in [-0.39, 0.29) is 54.1 Å². The van der Waals surface area contributed by atoms with E-state index in [2.05, 4.69) is 0 Å². The van der Waals surface area contributed by atoms with Crippen molar-refractivity contribution in [2.75, 3.05) is 46.4 Å². The number of rotatable bonds is 7. The number of hydrogen-bond donors (Lipinski definition) is 0. The minimum absolute atomic E-state index is 0.0176. The Bertz CT molecular complexity index is 992. The van der Waals surface area contributed by atoms with Gasteiger partial charge >= 0.3 is 5.97 Å². The first-order valence-electron chi connectivity index (χ1n) is 11.6. The predicted octanol–water partition coefficient (Wildman–Crippen LogP) is 1.49. The number of benzene rings is 1. The Balaban J connectivity index is 1.51. The van der Waals surface area contributed by atoms with Crippen molar-refractivity contribution in [3.8, 4) is 0 Å². The highest BCUT2D eigenvalue weighted by molar-refractivity contribution is 7.89. The Morgan fingerprint density at radius 3 is 2.32 bits per heavy atom. The summed E-state index contributed by atoms with van der Waals surface area (Å²) in [6, 6.07) is 4.67. The molecular weight excluding hydrogens is 465 g/mol. The number of esters is 1. The molecule has 0 spiro atoms. The van der Waals surface area contributed by atoms with Gasteiger partial charge in [-0.1, -0.05) is 0 Å². The predicted molar refractivity (Wildman–Crippen MR) is 121 cm³/mol. The van der Waals surface area contributed by atoms with E-state index >= 15 is 0 Å². The minimum Gasteiger partial charge on any atom is -0.466 e. The highest BCUT2D eigenvalue weighted by Gasteiger charge is 2.35. The normalized spacial score (nSPS) is 20.1. The Morgan fingerprint density at radius 2 is 1.71 bits per heavy atom. The van der Waals surface area contributed by atoms with Crippen LogP contribution in [0.4, 0.5) is 4.39 Å². The van der Waals surface area contributed by atoms with Crippen LogP contribution in [-0.4, -0.2) is 86.7 Å². The molecule has 34 heavy (non-hydrogen) atoms. The van der Waals surface area contributed by atoms with Gasteiger partial charge in [0.1, 0.15) is 5.82 Å². The monoisotopic (exact) mass is 497 g/mol. The van der Waals surface area contributed by atoms with Crippen molar-refractivity contribution in [2.45, 2.75) is 37.5 Å². The molecule has 0 saturated carbocycles. The van der Waals surface area contributed by atoms with E-state index in [1.807, 2.05) is 0 Å². The van der Waals surface area contributed by atoms with Crippen LogP contribution in [0.25, 0.3) is 0 Å². The lowest BCUT2D eigenvalue weighted by Crippen LogP contribution is -2.49. The van der Waals surface area contributed by atoms with Crippen molar-refractivity contribution in [1.29, 1.82) is 0 Å². The Morgan fingerprint density at radius 1 is 1.06 bits per heavy atom. The number of carbonyl (C=O) groups is 3. The summed E-state index contributed by atoms with van der Waals surface area (Å²) in [5.41, 5.74) is 0. The van der Waals surface area contributed by atoms with Crippen LogP contribution >= 0.6 is 0 Å². The number of carbonyl (C=O) groups excluding carboxylic acids is 3. The third kappa shape index (κ3) is 6.12. The quantitative estimate of drug-likeness (QED) is 0.529. The Labute approximate surface area is 199 Å². The van der Waals surface area contributed by atoms with Crippen LogP contribution in [0.15, 0.2) is 29.2 Å². The molecule has 2 aliphatic heterocycles. The van der Waals surface area contributed by atoms with Gasteiger partial charge in [-0.2, -0.15) is 4.31 Å². The Kier molecular flexibility index (Phi) is 8.64. The summed E-state index contributed by atoms with van der Waals surface area (Å²) in [5.74, 6) is -1.96. The molecule has 1 unspecified atom stereocenters. The smallest absolute Gasteiger partial charge is 0.310 e. The van der Waals surface area contributed by atoms with Gasteiger partial charge in [0.25, 0.3) is 0 Å². The van der Waals surface area contributed by atoms with Gasteiger partial charge in [-0.3, -0.25) is 14.4 Å².